The predicted octanol–water partition coefficient (Wildman–Crippen LogP) is 2.33. The Kier molecular flexibility index (Phi) is 4.24. The molecular weight excluding hydrogens is 326 g/mol. The number of carbonyl (C=O) groups is 1. The first-order valence-electron chi connectivity index (χ1n) is 8.96. The van der Waals surface area contributed by atoms with Gasteiger partial charge in [-0.15, -0.1) is 0 Å². The number of hydrogen-bond donors (Lipinski definition) is 2. The Labute approximate surface area is 152 Å². The van der Waals surface area contributed by atoms with Crippen molar-refractivity contribution in [3.8, 4) is 0 Å². The van der Waals surface area contributed by atoms with E-state index in [0.29, 0.717) is 24.5 Å². The van der Waals surface area contributed by atoms with Gasteiger partial charge >= 0.3 is 0 Å². The molecule has 1 aromatic heterocycles. The van der Waals surface area contributed by atoms with E-state index in [2.05, 4.69) is 21.8 Å². The molecule has 0 radical (unpaired) electrons. The molecule has 0 bridgehead atoms. The number of nitrogens with two attached hydrogens (primary N) is 1. The van der Waals surface area contributed by atoms with Crippen LogP contribution in [0.2, 0.25) is 0 Å². The summed E-state index contributed by atoms with van der Waals surface area (Å²) in [6, 6.07) is 9.86. The number of nitrogens with zero attached hydrogens (tertiary/aromatic N) is 3. The third-order valence-corrected chi connectivity index (χ3v) is 4.91. The van der Waals surface area contributed by atoms with Crippen LogP contribution in [0, 0.1) is 5.92 Å². The number of aliphatic imine (C=N–C) groups is 1. The lowest BCUT2D eigenvalue weighted by Crippen LogP contribution is -2.51. The minimum Gasteiger partial charge on any atom is -0.396 e. The Morgan fingerprint density at radius 1 is 1.23 bits per heavy atom. The van der Waals surface area contributed by atoms with Crippen molar-refractivity contribution < 1.29 is 4.79 Å². The van der Waals surface area contributed by atoms with Crippen LogP contribution in [0.25, 0.3) is 10.9 Å². The number of para-hydroxylation sites is 1. The maximum absolute atomic E-state index is 12.8. The maximum Gasteiger partial charge on any atom is 0.270 e. The van der Waals surface area contributed by atoms with Crippen LogP contribution in [0.1, 0.15) is 17.4 Å². The number of hydrogen-bond acceptors (Lipinski definition) is 4. The topological polar surface area (TPSA) is 77.7 Å². The molecule has 1 saturated heterocycles. The van der Waals surface area contributed by atoms with Gasteiger partial charge in [0.15, 0.2) is 5.84 Å². The molecule has 1 fully saturated rings. The van der Waals surface area contributed by atoms with Gasteiger partial charge in [-0.2, -0.15) is 0 Å². The van der Waals surface area contributed by atoms with Crippen LogP contribution >= 0.6 is 0 Å². The number of aromatic amines is 1. The van der Waals surface area contributed by atoms with E-state index in [1.807, 2.05) is 53.6 Å². The highest BCUT2D eigenvalue weighted by Crippen LogP contribution is 2.18. The van der Waals surface area contributed by atoms with Gasteiger partial charge in [0, 0.05) is 43.3 Å². The molecule has 0 aliphatic carbocycles. The number of amides is 1. The Bertz CT molecular complexity index is 882. The molecule has 134 valence electrons. The molecule has 1 amide bonds. The van der Waals surface area contributed by atoms with E-state index < -0.39 is 0 Å². The highest BCUT2D eigenvalue weighted by molar-refractivity contribution is 5.99. The van der Waals surface area contributed by atoms with Gasteiger partial charge in [0.1, 0.15) is 5.69 Å². The van der Waals surface area contributed by atoms with Crippen LogP contribution in [0.15, 0.2) is 59.4 Å². The SMILES string of the molecule is CC1C=CN=C(N2CCN(C(=O)c3cc4ccccc4[nH]3)CC2)C(N)=C1. The van der Waals surface area contributed by atoms with Crippen molar-refractivity contribution in [2.24, 2.45) is 16.6 Å². The van der Waals surface area contributed by atoms with Crippen LogP contribution < -0.4 is 5.73 Å². The molecule has 3 N–H and O–H groups in total. The summed E-state index contributed by atoms with van der Waals surface area (Å²) in [6.07, 6.45) is 5.86. The van der Waals surface area contributed by atoms with Crippen molar-refractivity contribution in [3.05, 3.63) is 60.1 Å². The molecule has 2 aliphatic rings. The number of H-pyrrole nitrogens is 1. The minimum atomic E-state index is 0.0423. The van der Waals surface area contributed by atoms with Gasteiger partial charge < -0.3 is 20.5 Å². The summed E-state index contributed by atoms with van der Waals surface area (Å²) in [4.78, 5) is 24.6. The lowest BCUT2D eigenvalue weighted by atomic mass is 10.1. The van der Waals surface area contributed by atoms with E-state index >= 15 is 0 Å². The number of piperazine rings is 1. The fourth-order valence-corrected chi connectivity index (χ4v) is 3.48. The van der Waals surface area contributed by atoms with Crippen molar-refractivity contribution in [2.45, 2.75) is 6.92 Å². The fourth-order valence-electron chi connectivity index (χ4n) is 3.48. The Balaban J connectivity index is 1.45. The summed E-state index contributed by atoms with van der Waals surface area (Å²) in [6.45, 7) is 4.83. The number of rotatable bonds is 1. The fraction of sp³-hybridized carbons (Fsp3) is 0.300. The van der Waals surface area contributed by atoms with Crippen molar-refractivity contribution in [1.29, 1.82) is 0 Å². The number of fused-ring (bicyclic) bond motifs is 1. The van der Waals surface area contributed by atoms with Gasteiger partial charge in [-0.25, -0.2) is 4.99 Å². The number of aromatic nitrogens is 1. The van der Waals surface area contributed by atoms with Crippen LogP contribution in [-0.2, 0) is 0 Å². The average Bonchev–Trinajstić information content (AvgIpc) is 3.01. The first-order chi connectivity index (χ1) is 12.6. The van der Waals surface area contributed by atoms with E-state index in [-0.39, 0.29) is 11.8 Å². The third-order valence-electron chi connectivity index (χ3n) is 4.91. The number of nitrogens with one attached hydrogen (secondary N) is 1. The zero-order chi connectivity index (χ0) is 18.1. The molecule has 1 aromatic carbocycles. The molecule has 0 spiro atoms. The van der Waals surface area contributed by atoms with Gasteiger partial charge in [0.05, 0.1) is 5.70 Å². The highest BCUT2D eigenvalue weighted by Gasteiger charge is 2.26. The smallest absolute Gasteiger partial charge is 0.270 e. The van der Waals surface area contributed by atoms with Crippen LogP contribution in [0.4, 0.5) is 0 Å². The quantitative estimate of drug-likeness (QED) is 0.829. The molecule has 6 nitrogen and oxygen atoms in total. The molecule has 1 atom stereocenters. The van der Waals surface area contributed by atoms with Crippen molar-refractivity contribution in [1.82, 2.24) is 14.8 Å². The van der Waals surface area contributed by atoms with Crippen LogP contribution in [-0.4, -0.2) is 52.7 Å². The molecule has 2 aromatic rings. The minimum absolute atomic E-state index is 0.0423. The first-order valence-corrected chi connectivity index (χ1v) is 8.96. The number of allylic oxidation sites excluding steroid dienone is 2. The number of benzene rings is 1. The summed E-state index contributed by atoms with van der Waals surface area (Å²) in [7, 11) is 0. The van der Waals surface area contributed by atoms with Gasteiger partial charge in [-0.1, -0.05) is 37.3 Å². The van der Waals surface area contributed by atoms with Gasteiger partial charge in [0.2, 0.25) is 0 Å². The maximum atomic E-state index is 12.8. The monoisotopic (exact) mass is 349 g/mol. The van der Waals surface area contributed by atoms with E-state index in [1.165, 1.54) is 0 Å². The lowest BCUT2D eigenvalue weighted by molar-refractivity contribution is 0.0687. The Hall–Kier alpha value is -3.02. The van der Waals surface area contributed by atoms with Crippen molar-refractivity contribution >= 4 is 22.6 Å². The standard InChI is InChI=1S/C20H23N5O/c1-14-6-7-22-19(16(21)12-14)24-8-10-25(11-9-24)20(26)18-13-15-4-2-3-5-17(15)23-18/h2-7,12-14,23H,8-11,21H2,1H3. The zero-order valence-electron chi connectivity index (χ0n) is 14.9. The molecule has 3 heterocycles. The number of carbonyl (C=O) groups excluding carboxylic acids is 1. The van der Waals surface area contributed by atoms with Crippen molar-refractivity contribution in [3.63, 3.8) is 0 Å². The van der Waals surface area contributed by atoms with Gasteiger partial charge in [-0.05, 0) is 18.1 Å². The second kappa shape index (κ2) is 6.71. The van der Waals surface area contributed by atoms with Gasteiger partial charge in [-0.3, -0.25) is 4.79 Å². The van der Waals surface area contributed by atoms with E-state index in [9.17, 15) is 4.79 Å². The molecule has 0 saturated carbocycles. The van der Waals surface area contributed by atoms with E-state index in [1.54, 1.807) is 0 Å². The summed E-state index contributed by atoms with van der Waals surface area (Å²) >= 11 is 0. The lowest BCUT2D eigenvalue weighted by Gasteiger charge is -2.36. The third kappa shape index (κ3) is 3.10. The zero-order valence-corrected chi connectivity index (χ0v) is 14.9. The van der Waals surface area contributed by atoms with E-state index in [0.717, 1.165) is 29.8 Å². The second-order valence-corrected chi connectivity index (χ2v) is 6.82. The molecule has 6 heteroatoms. The Morgan fingerprint density at radius 2 is 2.00 bits per heavy atom. The highest BCUT2D eigenvalue weighted by atomic mass is 16.2. The summed E-state index contributed by atoms with van der Waals surface area (Å²) in [5.74, 6) is 1.13. The van der Waals surface area contributed by atoms with Crippen LogP contribution in [0.5, 0.6) is 0 Å². The normalized spacial score (nSPS) is 20.7. The summed E-state index contributed by atoms with van der Waals surface area (Å²) < 4.78 is 0. The Morgan fingerprint density at radius 3 is 2.77 bits per heavy atom. The molecule has 1 unspecified atom stereocenters. The van der Waals surface area contributed by atoms with Gasteiger partial charge in [0.25, 0.3) is 5.91 Å². The molecule has 26 heavy (non-hydrogen) atoms. The molecular formula is C20H23N5O. The summed E-state index contributed by atoms with van der Waals surface area (Å²) in [5.41, 5.74) is 8.53. The largest absolute Gasteiger partial charge is 0.396 e. The second-order valence-electron chi connectivity index (χ2n) is 6.82. The molecule has 2 aliphatic heterocycles. The van der Waals surface area contributed by atoms with Crippen LogP contribution in [0.3, 0.4) is 0 Å². The van der Waals surface area contributed by atoms with Crippen molar-refractivity contribution in [2.75, 3.05) is 26.2 Å². The summed E-state index contributed by atoms with van der Waals surface area (Å²) in [5, 5.41) is 1.06. The molecule has 4 rings (SSSR count). The number of amidine groups is 1. The average molecular weight is 349 g/mol. The first kappa shape index (κ1) is 16.4. The predicted molar refractivity (Wildman–Crippen MR) is 104 cm³/mol. The van der Waals surface area contributed by atoms with E-state index in [4.69, 9.17) is 5.73 Å².